The van der Waals surface area contributed by atoms with E-state index in [1.807, 2.05) is 0 Å². The van der Waals surface area contributed by atoms with E-state index in [1.165, 1.54) is 150 Å². The third-order valence-corrected chi connectivity index (χ3v) is 33.2. The quantitative estimate of drug-likeness (QED) is 0.112. The third-order valence-electron chi connectivity index (χ3n) is 16.4. The first kappa shape index (κ1) is 70.6. The highest BCUT2D eigenvalue weighted by molar-refractivity contribution is 8.02. The van der Waals surface area contributed by atoms with Gasteiger partial charge in [-0.05, 0) is 162 Å². The van der Waals surface area contributed by atoms with Crippen LogP contribution in [-0.4, -0.2) is 221 Å². The van der Waals surface area contributed by atoms with Gasteiger partial charge in [-0.1, -0.05) is 18.6 Å². The summed E-state index contributed by atoms with van der Waals surface area (Å²) < 4.78 is 27.5. The third kappa shape index (κ3) is 32.4. The zero-order valence-corrected chi connectivity index (χ0v) is 57.8. The van der Waals surface area contributed by atoms with Crippen molar-refractivity contribution in [2.24, 2.45) is 5.92 Å². The Labute approximate surface area is 496 Å². The van der Waals surface area contributed by atoms with Crippen molar-refractivity contribution in [2.75, 3.05) is 187 Å². The van der Waals surface area contributed by atoms with E-state index < -0.39 is 0 Å². The molecular weight excluding hydrogens is 1120 g/mol. The van der Waals surface area contributed by atoms with Crippen LogP contribution < -0.4 is 0 Å². The molecule has 4 unspecified atom stereocenters. The average molecular weight is 1240 g/mol. The maximum absolute atomic E-state index is 10.6. The minimum atomic E-state index is -0.155. The molecule has 2 spiro atoms. The molecule has 1 aliphatic carbocycles. The summed E-state index contributed by atoms with van der Waals surface area (Å²) in [5.74, 6) is 24.0. The van der Waals surface area contributed by atoms with E-state index in [0.717, 1.165) is 149 Å². The SMILES string of the molecule is C=C1CC[S+](C)CC1.C[S+]1CC1.C[S+]1CCC(O)CC1.C[S+]1CCC1.C[S+]1CCC2(CC1)OCCCO2.C[S+]1CCC2(CC1)OCCO2.C[S+]1CCCC2CCCCC21.C[S+]1CCCCCC1.C[S+]1CCOC(=O)CC1. The van der Waals surface area contributed by atoms with Crippen LogP contribution in [0.2, 0.25) is 0 Å². The van der Waals surface area contributed by atoms with Gasteiger partial charge in [0.1, 0.15) is 98.1 Å². The van der Waals surface area contributed by atoms with E-state index in [1.54, 1.807) is 25.0 Å². The van der Waals surface area contributed by atoms with E-state index in [9.17, 15) is 4.79 Å². The molecule has 1 N–H and O–H groups in total. The number of hydrogen-bond donors (Lipinski definition) is 1. The Morgan fingerprint density at radius 1 is 0.395 bits per heavy atom. The molecule has 7 nitrogen and oxygen atoms in total. The molecule has 12 aliphatic rings. The van der Waals surface area contributed by atoms with Crippen LogP contribution in [0.3, 0.4) is 0 Å². The summed E-state index contributed by atoms with van der Waals surface area (Å²) in [5, 5.41) is 10.2. The average Bonchev–Trinajstić information content (AvgIpc) is 4.18. The van der Waals surface area contributed by atoms with Crippen LogP contribution in [0.25, 0.3) is 0 Å². The van der Waals surface area contributed by atoms with Crippen LogP contribution in [0, 0.1) is 5.92 Å². The number of fused-ring (bicyclic) bond motifs is 1. The maximum Gasteiger partial charge on any atom is 0.310 e. The highest BCUT2D eigenvalue weighted by Gasteiger charge is 2.44. The number of esters is 1. The summed E-state index contributed by atoms with van der Waals surface area (Å²) in [6, 6.07) is 0. The number of hydrogen-bond acceptors (Lipinski definition) is 7. The number of carbonyl (C=O) groups excluding carboxylic acids is 1. The lowest BCUT2D eigenvalue weighted by Gasteiger charge is -2.38. The van der Waals surface area contributed by atoms with Crippen molar-refractivity contribution in [1.82, 2.24) is 0 Å². The molecule has 16 heteroatoms. The summed E-state index contributed by atoms with van der Waals surface area (Å²) >= 11 is 0. The fourth-order valence-electron chi connectivity index (χ4n) is 10.4. The molecule has 0 aromatic carbocycles. The van der Waals surface area contributed by atoms with Crippen molar-refractivity contribution in [3.05, 3.63) is 12.2 Å². The van der Waals surface area contributed by atoms with Crippen molar-refractivity contribution < 1.29 is 33.6 Å². The number of aliphatic hydroxyl groups is 1. The molecule has 0 aromatic rings. The Bertz CT molecular complexity index is 1440. The zero-order valence-electron chi connectivity index (χ0n) is 50.4. The highest BCUT2D eigenvalue weighted by atomic mass is 32.2. The first-order chi connectivity index (χ1) is 36.5. The van der Waals surface area contributed by atoms with Crippen molar-refractivity contribution in [2.45, 2.75) is 158 Å². The monoisotopic (exact) mass is 1240 g/mol. The molecule has 1 saturated carbocycles. The van der Waals surface area contributed by atoms with E-state index in [-0.39, 0.29) is 23.6 Å². The lowest BCUT2D eigenvalue weighted by atomic mass is 9.85. The van der Waals surface area contributed by atoms with Gasteiger partial charge in [-0.2, -0.15) is 0 Å². The maximum atomic E-state index is 10.6. The molecule has 76 heavy (non-hydrogen) atoms. The fourth-order valence-corrected chi connectivity index (χ4v) is 23.1. The molecule has 12 rings (SSSR count). The van der Waals surface area contributed by atoms with Gasteiger partial charge >= 0.3 is 5.97 Å². The van der Waals surface area contributed by atoms with Crippen LogP contribution in [0.5, 0.6) is 0 Å². The molecule has 11 heterocycles. The molecular formula is C60H119O7S9+9. The Kier molecular flexibility index (Phi) is 38.3. The molecule has 11 aliphatic heterocycles. The van der Waals surface area contributed by atoms with Gasteiger partial charge in [0.05, 0.1) is 95.3 Å². The van der Waals surface area contributed by atoms with Gasteiger partial charge in [0, 0.05) is 63.7 Å². The van der Waals surface area contributed by atoms with Crippen molar-refractivity contribution in [3.8, 4) is 0 Å². The van der Waals surface area contributed by atoms with Crippen molar-refractivity contribution in [3.63, 3.8) is 0 Å². The normalized spacial score (nSPS) is 32.5. The van der Waals surface area contributed by atoms with Crippen LogP contribution >= 0.6 is 0 Å². The summed E-state index contributed by atoms with van der Waals surface area (Å²) in [4.78, 5) is 10.6. The van der Waals surface area contributed by atoms with E-state index in [0.29, 0.717) is 56.6 Å². The summed E-state index contributed by atoms with van der Waals surface area (Å²) in [6.07, 6.45) is 48.7. The van der Waals surface area contributed by atoms with Gasteiger partial charge < -0.3 is 28.8 Å². The zero-order chi connectivity index (χ0) is 55.0. The van der Waals surface area contributed by atoms with Crippen LogP contribution in [0.4, 0.5) is 0 Å². The van der Waals surface area contributed by atoms with Gasteiger partial charge in [-0.15, -0.1) is 0 Å². The standard InChI is InChI=1S/C10H19S.C9H17O2S.C8H15O2S.C7H13S.C7H15S.C6H11O2S.C6H13OS.C4H9S.C3H7S/c1-11-8-4-6-9-5-2-3-7-10(9)11;1-12-7-3-9(4-8-12)10-5-2-6-11-9;1-11-6-2-8(3-7-11)9-4-5-10-8;1-7-3-5-8(2)6-4-7;1-8-6-4-2-3-5-7-8;1-9-4-2-6(7)8-3-5-9;1-8-4-2-6(7)3-5-8;1-5-3-2-4-5;1-4-2-3-4/h9-10H,2-8H2,1H3;2-8H2,1H3;2-7H2,1H3;1,3-6H2,2H3;2-7H2,1H3;2-5H2,1H3;6-7H,2-5H2,1H3;2-4H2,1H3;2-3H2,1H3/q9*+1. The predicted molar refractivity (Wildman–Crippen MR) is 362 cm³/mol. The van der Waals surface area contributed by atoms with E-state index in [4.69, 9.17) is 28.8 Å². The first-order valence-electron chi connectivity index (χ1n) is 29.9. The number of aliphatic hydroxyl groups excluding tert-OH is 1. The topological polar surface area (TPSA) is 83.5 Å². The second-order valence-corrected chi connectivity index (χ2v) is 44.9. The molecule has 4 atom stereocenters. The first-order valence-corrected chi connectivity index (χ1v) is 47.6. The molecule has 0 radical (unpaired) electrons. The number of rotatable bonds is 0. The fraction of sp³-hybridized carbons (Fsp3) is 0.950. The van der Waals surface area contributed by atoms with Gasteiger partial charge in [0.25, 0.3) is 0 Å². The molecule has 0 bridgehead atoms. The van der Waals surface area contributed by atoms with Gasteiger partial charge in [-0.25, -0.2) is 0 Å². The van der Waals surface area contributed by atoms with Gasteiger partial charge in [-0.3, -0.25) is 4.79 Å². The van der Waals surface area contributed by atoms with Gasteiger partial charge in [0.2, 0.25) is 0 Å². The second kappa shape index (κ2) is 41.3. The predicted octanol–water partition coefficient (Wildman–Crippen LogP) is 9.37. The smallest absolute Gasteiger partial charge is 0.310 e. The van der Waals surface area contributed by atoms with Crippen molar-refractivity contribution in [1.29, 1.82) is 0 Å². The molecule has 446 valence electrons. The lowest BCUT2D eigenvalue weighted by Crippen LogP contribution is -2.46. The largest absolute Gasteiger partial charge is 0.461 e. The minimum Gasteiger partial charge on any atom is -0.461 e. The van der Waals surface area contributed by atoms with E-state index >= 15 is 0 Å². The summed E-state index contributed by atoms with van der Waals surface area (Å²) in [7, 11) is 6.37. The second-order valence-electron chi connectivity index (χ2n) is 23.4. The lowest BCUT2D eigenvalue weighted by molar-refractivity contribution is -0.269. The number of ether oxygens (including phenoxy) is 5. The van der Waals surface area contributed by atoms with Crippen LogP contribution in [0.1, 0.15) is 135 Å². The molecule has 0 amide bonds. The Hall–Kier alpha value is 2.16. The minimum absolute atomic E-state index is 0.0214. The summed E-state index contributed by atoms with van der Waals surface area (Å²) in [6.45, 7) is 8.00. The van der Waals surface area contributed by atoms with E-state index in [2.05, 4.69) is 62.9 Å². The Balaban J connectivity index is 0.000000187. The van der Waals surface area contributed by atoms with Crippen molar-refractivity contribution >= 4 is 104 Å². The highest BCUT2D eigenvalue weighted by Crippen LogP contribution is 2.37. The molecule has 0 aromatic heterocycles. The summed E-state index contributed by atoms with van der Waals surface area (Å²) in [5.41, 5.74) is 1.47. The Morgan fingerprint density at radius 3 is 1.28 bits per heavy atom. The Morgan fingerprint density at radius 2 is 0.816 bits per heavy atom. The van der Waals surface area contributed by atoms with Crippen LogP contribution in [0.15, 0.2) is 12.2 Å². The van der Waals surface area contributed by atoms with Crippen LogP contribution in [-0.2, 0) is 127 Å². The molecule has 12 fully saturated rings. The number of allylic oxidation sites excluding steroid dienone is 1. The molecule has 11 saturated heterocycles. The number of carbonyl (C=O) groups is 1. The number of cyclic esters (lactones) is 1. The van der Waals surface area contributed by atoms with Gasteiger partial charge in [0.15, 0.2) is 23.1 Å².